The highest BCUT2D eigenvalue weighted by molar-refractivity contribution is 5.99. The molecule has 0 bridgehead atoms. The van der Waals surface area contributed by atoms with Gasteiger partial charge < -0.3 is 15.3 Å². The van der Waals surface area contributed by atoms with Crippen LogP contribution in [0, 0.1) is 0 Å². The van der Waals surface area contributed by atoms with Gasteiger partial charge in [0.1, 0.15) is 0 Å². The van der Waals surface area contributed by atoms with Crippen LogP contribution in [-0.4, -0.2) is 40.6 Å². The standard InChI is InChI=1S/C15H22N2O2/c1-11(2)16-13-7-5-4-6-12(13)14(18)17-9-8-15(3,19)10-17/h4-7,11,16,19H,8-10H2,1-3H3. The highest BCUT2D eigenvalue weighted by Gasteiger charge is 2.34. The van der Waals surface area contributed by atoms with Crippen molar-refractivity contribution >= 4 is 11.6 Å². The number of carbonyl (C=O) groups excluding carboxylic acids is 1. The minimum atomic E-state index is -0.754. The molecule has 1 aromatic rings. The van der Waals surface area contributed by atoms with Gasteiger partial charge in [0.25, 0.3) is 5.91 Å². The molecule has 1 amide bonds. The molecule has 4 nitrogen and oxygen atoms in total. The fraction of sp³-hybridized carbons (Fsp3) is 0.533. The topological polar surface area (TPSA) is 52.6 Å². The second-order valence-corrected chi connectivity index (χ2v) is 5.82. The van der Waals surface area contributed by atoms with Gasteiger partial charge in [-0.1, -0.05) is 12.1 Å². The Kier molecular flexibility index (Phi) is 3.80. The van der Waals surface area contributed by atoms with Gasteiger partial charge in [-0.15, -0.1) is 0 Å². The Balaban J connectivity index is 2.20. The van der Waals surface area contributed by atoms with Crippen LogP contribution in [0.2, 0.25) is 0 Å². The van der Waals surface area contributed by atoms with E-state index in [1.165, 1.54) is 0 Å². The Hall–Kier alpha value is -1.55. The highest BCUT2D eigenvalue weighted by Crippen LogP contribution is 2.25. The number of benzene rings is 1. The number of nitrogens with zero attached hydrogens (tertiary/aromatic N) is 1. The van der Waals surface area contributed by atoms with E-state index < -0.39 is 5.60 Å². The fourth-order valence-corrected chi connectivity index (χ4v) is 2.40. The molecule has 1 heterocycles. The zero-order valence-electron chi connectivity index (χ0n) is 11.8. The number of nitrogens with one attached hydrogen (secondary N) is 1. The first-order valence-corrected chi connectivity index (χ1v) is 6.76. The number of anilines is 1. The van der Waals surface area contributed by atoms with Crippen LogP contribution >= 0.6 is 0 Å². The Morgan fingerprint density at radius 2 is 2.11 bits per heavy atom. The number of rotatable bonds is 3. The number of likely N-dealkylation sites (tertiary alicyclic amines) is 1. The van der Waals surface area contributed by atoms with Crippen molar-refractivity contribution < 1.29 is 9.90 Å². The third kappa shape index (κ3) is 3.26. The van der Waals surface area contributed by atoms with Gasteiger partial charge in [0.05, 0.1) is 11.2 Å². The lowest BCUT2D eigenvalue weighted by Crippen LogP contribution is -2.34. The van der Waals surface area contributed by atoms with E-state index in [2.05, 4.69) is 5.32 Å². The third-order valence-electron chi connectivity index (χ3n) is 3.34. The maximum absolute atomic E-state index is 12.5. The number of para-hydroxylation sites is 1. The molecule has 1 atom stereocenters. The molecule has 1 saturated heterocycles. The van der Waals surface area contributed by atoms with Crippen molar-refractivity contribution in [1.29, 1.82) is 0 Å². The molecule has 2 rings (SSSR count). The summed E-state index contributed by atoms with van der Waals surface area (Å²) in [5, 5.41) is 13.3. The first-order chi connectivity index (χ1) is 8.89. The number of carbonyl (C=O) groups is 1. The first-order valence-electron chi connectivity index (χ1n) is 6.76. The van der Waals surface area contributed by atoms with Crippen molar-refractivity contribution in [1.82, 2.24) is 4.90 Å². The number of hydrogen-bond acceptors (Lipinski definition) is 3. The largest absolute Gasteiger partial charge is 0.388 e. The Morgan fingerprint density at radius 1 is 1.42 bits per heavy atom. The van der Waals surface area contributed by atoms with E-state index in [0.29, 0.717) is 25.1 Å². The van der Waals surface area contributed by atoms with Crippen molar-refractivity contribution in [2.75, 3.05) is 18.4 Å². The van der Waals surface area contributed by atoms with Crippen LogP contribution < -0.4 is 5.32 Å². The quantitative estimate of drug-likeness (QED) is 0.877. The van der Waals surface area contributed by atoms with Crippen molar-refractivity contribution in [3.63, 3.8) is 0 Å². The van der Waals surface area contributed by atoms with Crippen molar-refractivity contribution in [3.8, 4) is 0 Å². The molecule has 2 N–H and O–H groups in total. The van der Waals surface area contributed by atoms with Crippen LogP contribution in [0.3, 0.4) is 0 Å². The minimum Gasteiger partial charge on any atom is -0.388 e. The van der Waals surface area contributed by atoms with Crippen LogP contribution in [0.25, 0.3) is 0 Å². The second-order valence-electron chi connectivity index (χ2n) is 5.82. The van der Waals surface area contributed by atoms with Crippen LogP contribution in [0.5, 0.6) is 0 Å². The number of hydrogen-bond donors (Lipinski definition) is 2. The molecule has 0 saturated carbocycles. The molecule has 0 aliphatic carbocycles. The van der Waals surface area contributed by atoms with Gasteiger partial charge in [-0.2, -0.15) is 0 Å². The zero-order valence-corrected chi connectivity index (χ0v) is 11.8. The normalized spacial score (nSPS) is 22.9. The summed E-state index contributed by atoms with van der Waals surface area (Å²) in [6, 6.07) is 7.81. The molecule has 0 aromatic heterocycles. The summed E-state index contributed by atoms with van der Waals surface area (Å²) in [5.41, 5.74) is 0.777. The maximum atomic E-state index is 12.5. The molecule has 1 unspecified atom stereocenters. The molecule has 104 valence electrons. The van der Waals surface area contributed by atoms with Crippen LogP contribution in [0.4, 0.5) is 5.69 Å². The van der Waals surface area contributed by atoms with E-state index in [4.69, 9.17) is 0 Å². The number of amides is 1. The van der Waals surface area contributed by atoms with Gasteiger partial charge in [0.15, 0.2) is 0 Å². The van der Waals surface area contributed by atoms with Crippen LogP contribution in [0.1, 0.15) is 37.6 Å². The molecule has 19 heavy (non-hydrogen) atoms. The molecule has 1 aromatic carbocycles. The Bertz CT molecular complexity index is 469. The fourth-order valence-electron chi connectivity index (χ4n) is 2.40. The summed E-state index contributed by atoms with van der Waals surface area (Å²) >= 11 is 0. The van der Waals surface area contributed by atoms with E-state index in [1.807, 2.05) is 38.1 Å². The number of aliphatic hydroxyl groups is 1. The summed E-state index contributed by atoms with van der Waals surface area (Å²) in [7, 11) is 0. The lowest BCUT2D eigenvalue weighted by molar-refractivity contribution is 0.0572. The molecule has 1 aliphatic rings. The van der Waals surface area contributed by atoms with E-state index in [1.54, 1.807) is 11.8 Å². The maximum Gasteiger partial charge on any atom is 0.256 e. The minimum absolute atomic E-state index is 0.0125. The Morgan fingerprint density at radius 3 is 2.68 bits per heavy atom. The third-order valence-corrected chi connectivity index (χ3v) is 3.34. The highest BCUT2D eigenvalue weighted by atomic mass is 16.3. The summed E-state index contributed by atoms with van der Waals surface area (Å²) in [4.78, 5) is 14.2. The van der Waals surface area contributed by atoms with Gasteiger partial charge in [0.2, 0.25) is 0 Å². The first kappa shape index (κ1) is 13.9. The molecule has 4 heteroatoms. The predicted octanol–water partition coefficient (Wildman–Crippen LogP) is 2.10. The van der Waals surface area contributed by atoms with E-state index in [0.717, 1.165) is 5.69 Å². The van der Waals surface area contributed by atoms with Gasteiger partial charge in [-0.3, -0.25) is 4.79 Å². The molecular formula is C15H22N2O2. The summed E-state index contributed by atoms with van der Waals surface area (Å²) in [5.74, 6) is -0.0125. The molecular weight excluding hydrogens is 240 g/mol. The lowest BCUT2D eigenvalue weighted by atomic mass is 10.1. The summed E-state index contributed by atoms with van der Waals surface area (Å²) in [6.07, 6.45) is 0.637. The monoisotopic (exact) mass is 262 g/mol. The molecule has 1 fully saturated rings. The number of β-amino-alcohol motifs (C(OH)–C–C–N with tert-alkyl or cyclic N) is 1. The van der Waals surface area contributed by atoms with E-state index in [-0.39, 0.29) is 11.9 Å². The smallest absolute Gasteiger partial charge is 0.256 e. The van der Waals surface area contributed by atoms with E-state index >= 15 is 0 Å². The SMILES string of the molecule is CC(C)Nc1ccccc1C(=O)N1CCC(C)(O)C1. The molecule has 1 aliphatic heterocycles. The van der Waals surface area contributed by atoms with Gasteiger partial charge >= 0.3 is 0 Å². The second kappa shape index (κ2) is 5.21. The molecule has 0 radical (unpaired) electrons. The average Bonchev–Trinajstić information content (AvgIpc) is 2.69. The van der Waals surface area contributed by atoms with Crippen LogP contribution in [-0.2, 0) is 0 Å². The zero-order chi connectivity index (χ0) is 14.0. The average molecular weight is 262 g/mol. The van der Waals surface area contributed by atoms with Crippen molar-refractivity contribution in [2.24, 2.45) is 0 Å². The van der Waals surface area contributed by atoms with Crippen LogP contribution in [0.15, 0.2) is 24.3 Å². The van der Waals surface area contributed by atoms with Gasteiger partial charge in [-0.25, -0.2) is 0 Å². The molecule has 0 spiro atoms. The summed E-state index contributed by atoms with van der Waals surface area (Å²) < 4.78 is 0. The van der Waals surface area contributed by atoms with Crippen molar-refractivity contribution in [3.05, 3.63) is 29.8 Å². The summed E-state index contributed by atoms with van der Waals surface area (Å²) in [6.45, 7) is 6.88. The van der Waals surface area contributed by atoms with Crippen molar-refractivity contribution in [2.45, 2.75) is 38.8 Å². The predicted molar refractivity (Wildman–Crippen MR) is 76.3 cm³/mol. The van der Waals surface area contributed by atoms with Gasteiger partial charge in [0, 0.05) is 24.8 Å². The van der Waals surface area contributed by atoms with Gasteiger partial charge in [-0.05, 0) is 39.3 Å². The Labute approximate surface area is 114 Å². The lowest BCUT2D eigenvalue weighted by Gasteiger charge is -2.21. The van der Waals surface area contributed by atoms with E-state index in [9.17, 15) is 9.90 Å².